The first kappa shape index (κ1) is 70.7. The highest BCUT2D eigenvalue weighted by Crippen LogP contribution is 2.44. The third-order valence-electron chi connectivity index (χ3n) is 12.8. The van der Waals surface area contributed by atoms with Gasteiger partial charge < -0.3 is 25.4 Å². The van der Waals surface area contributed by atoms with E-state index < -0.39 is 108 Å². The maximum absolute atomic E-state index is 13.8. The fraction of sp³-hybridized carbons (Fsp3) is 0.364. The fourth-order valence-corrected chi connectivity index (χ4v) is 10.9. The van der Waals surface area contributed by atoms with Crippen molar-refractivity contribution in [3.63, 3.8) is 0 Å². The van der Waals surface area contributed by atoms with Gasteiger partial charge in [-0.25, -0.2) is 0 Å². The molecule has 0 radical (unpaired) electrons. The van der Waals surface area contributed by atoms with E-state index >= 15 is 0 Å². The molecule has 3 N–H and O–H groups in total. The molecular formula is C55H50Cl6F12N6O7. The second kappa shape index (κ2) is 27.1. The molecule has 2 fully saturated rings. The van der Waals surface area contributed by atoms with Gasteiger partial charge in [0, 0.05) is 53.6 Å². The van der Waals surface area contributed by atoms with Crippen LogP contribution in [0.25, 0.3) is 0 Å². The molecule has 86 heavy (non-hydrogen) atoms. The number of carbonyl (C=O) groups excluding carboxylic acids is 5. The molecule has 0 aromatic heterocycles. The lowest BCUT2D eigenvalue weighted by Gasteiger charge is -2.38. The number of anilines is 3. The molecule has 5 atom stereocenters. The van der Waals surface area contributed by atoms with Crippen LogP contribution in [0.3, 0.4) is 0 Å². The molecule has 0 saturated carbocycles. The van der Waals surface area contributed by atoms with E-state index in [0.29, 0.717) is 31.1 Å². The summed E-state index contributed by atoms with van der Waals surface area (Å²) >= 11 is 35.7. The van der Waals surface area contributed by atoms with Gasteiger partial charge in [-0.2, -0.15) is 26.3 Å². The van der Waals surface area contributed by atoms with Crippen LogP contribution in [0, 0.1) is 11.8 Å². The van der Waals surface area contributed by atoms with Crippen molar-refractivity contribution < 1.29 is 86.1 Å². The van der Waals surface area contributed by atoms with Gasteiger partial charge in [0.15, 0.2) is 0 Å². The monoisotopic (exact) mass is 1340 g/mol. The zero-order valence-electron chi connectivity index (χ0n) is 45.6. The summed E-state index contributed by atoms with van der Waals surface area (Å²) in [4.78, 5) is 66.5. The maximum Gasteiger partial charge on any atom is 0.573 e. The Balaban J connectivity index is 0.000000242. The molecule has 13 nitrogen and oxygen atoms in total. The summed E-state index contributed by atoms with van der Waals surface area (Å²) in [5.41, 5.74) is 4.20. The molecular weight excluding hydrogens is 1300 g/mol. The largest absolute Gasteiger partial charge is 0.573 e. The van der Waals surface area contributed by atoms with Crippen molar-refractivity contribution >= 4 is 116 Å². The summed E-state index contributed by atoms with van der Waals surface area (Å²) in [5.74, 6) is -8.23. The zero-order chi connectivity index (χ0) is 65.1. The van der Waals surface area contributed by atoms with E-state index in [9.17, 15) is 76.7 Å². The predicted octanol–water partition coefficient (Wildman–Crippen LogP) is 15.5. The van der Waals surface area contributed by atoms with Gasteiger partial charge in [0.05, 0.1) is 5.54 Å². The summed E-state index contributed by atoms with van der Waals surface area (Å²) in [6.45, 7) is 10.3. The second-order valence-electron chi connectivity index (χ2n) is 20.6. The summed E-state index contributed by atoms with van der Waals surface area (Å²) < 4.78 is 162. The van der Waals surface area contributed by atoms with Gasteiger partial charge in [-0.05, 0) is 129 Å². The number of halogens is 18. The number of nitrogens with zero attached hydrogens (tertiary/aromatic N) is 4. The summed E-state index contributed by atoms with van der Waals surface area (Å²) in [7, 11) is 0. The number of amides is 5. The van der Waals surface area contributed by atoms with Crippen LogP contribution >= 0.6 is 69.6 Å². The van der Waals surface area contributed by atoms with Gasteiger partial charge >= 0.3 is 36.9 Å². The highest BCUT2D eigenvalue weighted by Gasteiger charge is 2.62. The van der Waals surface area contributed by atoms with E-state index in [1.807, 2.05) is 0 Å². The van der Waals surface area contributed by atoms with Crippen molar-refractivity contribution in [1.82, 2.24) is 9.80 Å². The van der Waals surface area contributed by atoms with Crippen molar-refractivity contribution in [1.29, 1.82) is 0 Å². The van der Waals surface area contributed by atoms with E-state index in [1.54, 1.807) is 27.7 Å². The quantitative estimate of drug-likeness (QED) is 0.117. The van der Waals surface area contributed by atoms with Gasteiger partial charge in [-0.15, -0.1) is 26.3 Å². The molecule has 0 bridgehead atoms. The zero-order valence-corrected chi connectivity index (χ0v) is 50.2. The van der Waals surface area contributed by atoms with Crippen molar-refractivity contribution in [2.45, 2.75) is 116 Å². The van der Waals surface area contributed by atoms with Crippen molar-refractivity contribution in [2.24, 2.45) is 17.6 Å². The van der Waals surface area contributed by atoms with Crippen molar-refractivity contribution in [2.75, 3.05) is 15.1 Å². The first-order chi connectivity index (χ1) is 39.3. The van der Waals surface area contributed by atoms with E-state index in [0.717, 1.165) is 34.1 Å². The molecule has 468 valence electrons. The molecule has 0 unspecified atom stereocenters. The van der Waals surface area contributed by atoms with Crippen molar-refractivity contribution in [3.05, 3.63) is 144 Å². The molecule has 7 rings (SSSR count). The maximum atomic E-state index is 13.8. The summed E-state index contributed by atoms with van der Waals surface area (Å²) in [5, 5.41) is 4.04. The van der Waals surface area contributed by atoms with E-state index in [2.05, 4.69) is 14.8 Å². The number of hydrogen-bond acceptors (Lipinski definition) is 8. The van der Waals surface area contributed by atoms with Crippen LogP contribution in [0.15, 0.2) is 103 Å². The van der Waals surface area contributed by atoms with Crippen LogP contribution in [0.2, 0.25) is 30.1 Å². The van der Waals surface area contributed by atoms with Gasteiger partial charge in [0.25, 0.3) is 11.8 Å². The smallest absolute Gasteiger partial charge is 0.406 e. The Bertz CT molecular complexity index is 3240. The average Bonchev–Trinajstić information content (AvgIpc) is 1.59. The van der Waals surface area contributed by atoms with Crippen LogP contribution < -0.4 is 30.3 Å². The predicted molar refractivity (Wildman–Crippen MR) is 300 cm³/mol. The molecule has 0 aliphatic carbocycles. The molecule has 0 spiro atoms. The van der Waals surface area contributed by atoms with E-state index in [4.69, 9.17) is 75.3 Å². The minimum atomic E-state index is -5.30. The number of rotatable bonds is 12. The molecule has 2 saturated heterocycles. The number of nitrogens with two attached hydrogens (primary N) is 1. The van der Waals surface area contributed by atoms with Crippen LogP contribution in [0.1, 0.15) is 59.6 Å². The minimum Gasteiger partial charge on any atom is -0.406 e. The summed E-state index contributed by atoms with van der Waals surface area (Å²) in [6, 6.07) is 21.1. The highest BCUT2D eigenvalue weighted by atomic mass is 35.5. The molecule has 31 heteroatoms. The Morgan fingerprint density at radius 1 is 0.581 bits per heavy atom. The lowest BCUT2D eigenvalue weighted by molar-refractivity contribution is -0.275. The van der Waals surface area contributed by atoms with Gasteiger partial charge in [0.2, 0.25) is 5.91 Å². The van der Waals surface area contributed by atoms with Crippen LogP contribution in [-0.4, -0.2) is 93.9 Å². The molecule has 5 aromatic carbocycles. The Morgan fingerprint density at radius 2 is 0.953 bits per heavy atom. The SMILES string of the molecule is CC(C)[C@@H]1N(c2cc(Cl)cc(Cl)c2)C(=O)[C@@H](C)N1C(=O)C(F)(F)F.CC(C)[C@@H]1N(c2cc(Cl)cc(Cl)c2)C(=O)[C@@](C)(Cc2ccc(OC(F)(F)F)cc2)N1C(=O)C(F)(F)F.C[C@@](N)(Cc1ccc(OC(F)(F)F)cc1)C(=O)Nc1cc(Cl)cc(Cl)c1. The molecule has 2 aliphatic rings. The first-order valence-corrected chi connectivity index (χ1v) is 27.2. The average molecular weight is 1350 g/mol. The number of ether oxygens (including phenoxy) is 2. The van der Waals surface area contributed by atoms with E-state index in [1.165, 1.54) is 99.6 Å². The van der Waals surface area contributed by atoms with Gasteiger partial charge in [0.1, 0.15) is 35.4 Å². The van der Waals surface area contributed by atoms with Crippen LogP contribution in [-0.2, 0) is 36.8 Å². The molecule has 2 aliphatic heterocycles. The summed E-state index contributed by atoms with van der Waals surface area (Å²) in [6.07, 6.45) is -22.8. The second-order valence-corrected chi connectivity index (χ2v) is 23.2. The molecule has 5 amide bonds. The normalized spacial score (nSPS) is 19.0. The Labute approximate surface area is 514 Å². The standard InChI is InChI=1S/C23H20Cl2F6N2O3.C17H15Cl2F3N2O2.C15H15Cl2F3N2O2/c1-12(2)18-32(16-9-14(24)8-15(25)10-16)19(34)21(3,33(18)20(35)22(26,27)28)11-13-4-6-17(7-5-13)36-23(29,30)31;1-16(23,15(25)24-13-7-11(18)6-12(19)8-13)9-10-2-4-14(5-3-10)26-17(20,21)22;1-7(2)12-21(14(24)15(18,19)20)8(3)13(23)22(12)11-5-9(16)4-10(17)6-11/h4-10,12,18H,11H2,1-3H3;2-8H,9,23H2,1H3,(H,24,25);4-8,12H,1-3H3/t18-,21-;16-;8-,12+/m111/s1. The Kier molecular flexibility index (Phi) is 22.3. The van der Waals surface area contributed by atoms with E-state index in [-0.39, 0.29) is 49.2 Å². The van der Waals surface area contributed by atoms with Crippen LogP contribution in [0.5, 0.6) is 11.5 Å². The number of nitrogens with one attached hydrogen (secondary N) is 1. The van der Waals surface area contributed by atoms with Gasteiger partial charge in [-0.1, -0.05) is 122 Å². The molecule has 2 heterocycles. The number of alkyl halides is 12. The topological polar surface area (TPSA) is 155 Å². The number of carbonyl (C=O) groups is 5. The lowest BCUT2D eigenvalue weighted by Crippen LogP contribution is -2.58. The highest BCUT2D eigenvalue weighted by molar-refractivity contribution is 6.36. The van der Waals surface area contributed by atoms with Crippen molar-refractivity contribution in [3.8, 4) is 11.5 Å². The minimum absolute atomic E-state index is 0.0915. The van der Waals surface area contributed by atoms with Gasteiger partial charge in [-0.3, -0.25) is 38.7 Å². The third-order valence-corrected chi connectivity index (χ3v) is 14.1. The first-order valence-electron chi connectivity index (χ1n) is 25.0. The fourth-order valence-electron chi connectivity index (χ4n) is 9.32. The Hall–Kier alpha value is -6.09. The number of hydrogen-bond donors (Lipinski definition) is 2. The van der Waals surface area contributed by atoms with Crippen LogP contribution in [0.4, 0.5) is 69.7 Å². The lowest BCUT2D eigenvalue weighted by atomic mass is 9.90. The third kappa shape index (κ3) is 18.0. The number of benzene rings is 5. The molecule has 5 aromatic rings. The Morgan fingerprint density at radius 3 is 1.33 bits per heavy atom.